The molecule has 182 valence electrons. The minimum atomic E-state index is -1.70. The standard InChI is InChI=1S/C24H28N2O8/c1-13(27)26-20-17(28)11-19(24(32)33)34-22(20)21(30)18(29)12-25-23(31)16-9-7-15(8-10-16)14-5-3-2-4-6-14/h2-10,17-22,28-30H,11-12H2,1H3,(H,25,31)(H,26,27)(H,32,33)/t17-,18+,19+,20+,21+,22+/m0/s1. The molecule has 6 N–H and O–H groups in total. The van der Waals surface area contributed by atoms with E-state index in [0.717, 1.165) is 11.1 Å². The van der Waals surface area contributed by atoms with E-state index in [1.165, 1.54) is 6.92 Å². The van der Waals surface area contributed by atoms with Crippen LogP contribution < -0.4 is 10.6 Å². The number of carbonyl (C=O) groups is 3. The van der Waals surface area contributed by atoms with Gasteiger partial charge in [0, 0.05) is 25.5 Å². The van der Waals surface area contributed by atoms with Gasteiger partial charge >= 0.3 is 5.97 Å². The van der Waals surface area contributed by atoms with Crippen molar-refractivity contribution in [3.05, 3.63) is 60.2 Å². The molecular formula is C24H28N2O8. The molecule has 0 aromatic heterocycles. The highest BCUT2D eigenvalue weighted by atomic mass is 16.5. The largest absolute Gasteiger partial charge is 0.479 e. The van der Waals surface area contributed by atoms with Gasteiger partial charge in [0.1, 0.15) is 12.2 Å². The number of nitrogens with one attached hydrogen (secondary N) is 2. The van der Waals surface area contributed by atoms with E-state index < -0.39 is 54.3 Å². The Labute approximate surface area is 196 Å². The predicted octanol–water partition coefficient (Wildman–Crippen LogP) is -0.0871. The number of ether oxygens (including phenoxy) is 1. The SMILES string of the molecule is CC(=O)N[C@H]1[C@H]([C@H](O)[C@H](O)CNC(=O)c2ccc(-c3ccccc3)cc2)O[C@@H](C(=O)O)C[C@@H]1O. The molecule has 10 nitrogen and oxygen atoms in total. The normalized spacial score (nSPS) is 24.0. The van der Waals surface area contributed by atoms with Gasteiger partial charge in [0.25, 0.3) is 5.91 Å². The third kappa shape index (κ3) is 6.17. The van der Waals surface area contributed by atoms with Gasteiger partial charge in [-0.3, -0.25) is 9.59 Å². The maximum absolute atomic E-state index is 12.5. The van der Waals surface area contributed by atoms with Gasteiger partial charge in [-0.05, 0) is 23.3 Å². The summed E-state index contributed by atoms with van der Waals surface area (Å²) in [5, 5.41) is 45.5. The third-order valence-corrected chi connectivity index (χ3v) is 5.65. The van der Waals surface area contributed by atoms with E-state index in [9.17, 15) is 34.8 Å². The van der Waals surface area contributed by atoms with Gasteiger partial charge in [0.15, 0.2) is 6.10 Å². The molecule has 6 atom stereocenters. The van der Waals surface area contributed by atoms with Crippen molar-refractivity contribution in [2.24, 2.45) is 0 Å². The van der Waals surface area contributed by atoms with Gasteiger partial charge in [-0.15, -0.1) is 0 Å². The molecule has 2 amide bonds. The van der Waals surface area contributed by atoms with Crippen molar-refractivity contribution in [3.8, 4) is 11.1 Å². The zero-order chi connectivity index (χ0) is 24.8. The van der Waals surface area contributed by atoms with E-state index >= 15 is 0 Å². The first-order valence-electron chi connectivity index (χ1n) is 10.8. The summed E-state index contributed by atoms with van der Waals surface area (Å²) in [6.45, 7) is 0.820. The quantitative estimate of drug-likeness (QED) is 0.310. The van der Waals surface area contributed by atoms with Crippen LogP contribution in [0, 0.1) is 0 Å². The lowest BCUT2D eigenvalue weighted by molar-refractivity contribution is -0.193. The van der Waals surface area contributed by atoms with Crippen LogP contribution >= 0.6 is 0 Å². The van der Waals surface area contributed by atoms with Crippen LogP contribution in [0.25, 0.3) is 11.1 Å². The first-order valence-corrected chi connectivity index (χ1v) is 10.8. The Morgan fingerprint density at radius 3 is 2.24 bits per heavy atom. The van der Waals surface area contributed by atoms with Crippen LogP contribution in [-0.4, -0.2) is 81.3 Å². The van der Waals surface area contributed by atoms with Crippen LogP contribution in [0.4, 0.5) is 0 Å². The summed E-state index contributed by atoms with van der Waals surface area (Å²) in [5.41, 5.74) is 2.27. The number of hydrogen-bond acceptors (Lipinski definition) is 7. The number of aliphatic hydroxyl groups is 3. The molecule has 34 heavy (non-hydrogen) atoms. The van der Waals surface area contributed by atoms with Crippen LogP contribution in [0.5, 0.6) is 0 Å². The fourth-order valence-electron chi connectivity index (χ4n) is 3.86. The Hall–Kier alpha value is -3.31. The number of amides is 2. The second-order valence-electron chi connectivity index (χ2n) is 8.17. The first kappa shape index (κ1) is 25.3. The number of carboxylic acid groups (broad SMARTS) is 1. The Bertz CT molecular complexity index is 998. The molecule has 0 aliphatic carbocycles. The number of aliphatic hydroxyl groups excluding tert-OH is 3. The van der Waals surface area contributed by atoms with Crippen molar-refractivity contribution < 1.29 is 39.5 Å². The van der Waals surface area contributed by atoms with Crippen LogP contribution in [0.3, 0.4) is 0 Å². The Morgan fingerprint density at radius 1 is 1.03 bits per heavy atom. The molecule has 3 rings (SSSR count). The minimum Gasteiger partial charge on any atom is -0.479 e. The molecule has 0 saturated carbocycles. The second kappa shape index (κ2) is 11.2. The lowest BCUT2D eigenvalue weighted by Gasteiger charge is -2.41. The molecule has 10 heteroatoms. The number of rotatable bonds is 8. The minimum absolute atomic E-state index is 0.296. The maximum atomic E-state index is 12.5. The zero-order valence-electron chi connectivity index (χ0n) is 18.5. The van der Waals surface area contributed by atoms with Crippen molar-refractivity contribution in [1.82, 2.24) is 10.6 Å². The Kier molecular flexibility index (Phi) is 8.35. The predicted molar refractivity (Wildman–Crippen MR) is 121 cm³/mol. The zero-order valence-corrected chi connectivity index (χ0v) is 18.5. The van der Waals surface area contributed by atoms with Gasteiger partial charge in [-0.1, -0.05) is 42.5 Å². The summed E-state index contributed by atoms with van der Waals surface area (Å²) in [6, 6.07) is 15.3. The smallest absolute Gasteiger partial charge is 0.332 e. The summed E-state index contributed by atoms with van der Waals surface area (Å²) in [7, 11) is 0. The van der Waals surface area contributed by atoms with Crippen LogP contribution in [0.1, 0.15) is 23.7 Å². The molecule has 0 spiro atoms. The Morgan fingerprint density at radius 2 is 1.65 bits per heavy atom. The van der Waals surface area contributed by atoms with E-state index in [-0.39, 0.29) is 13.0 Å². The molecule has 0 bridgehead atoms. The second-order valence-corrected chi connectivity index (χ2v) is 8.17. The number of benzene rings is 2. The van der Waals surface area contributed by atoms with Gasteiger partial charge in [-0.2, -0.15) is 0 Å². The summed E-state index contributed by atoms with van der Waals surface area (Å²) in [6.07, 6.45) is -7.71. The fraction of sp³-hybridized carbons (Fsp3) is 0.375. The summed E-state index contributed by atoms with van der Waals surface area (Å²) < 4.78 is 5.36. The lowest BCUT2D eigenvalue weighted by Crippen LogP contribution is -2.63. The molecule has 2 aromatic rings. The van der Waals surface area contributed by atoms with Gasteiger partial charge in [0.05, 0.1) is 18.2 Å². The summed E-state index contributed by atoms with van der Waals surface area (Å²) >= 11 is 0. The molecular weight excluding hydrogens is 444 g/mol. The van der Waals surface area contributed by atoms with E-state index in [0.29, 0.717) is 5.56 Å². The fourth-order valence-corrected chi connectivity index (χ4v) is 3.86. The van der Waals surface area contributed by atoms with Crippen molar-refractivity contribution in [3.63, 3.8) is 0 Å². The molecule has 2 aromatic carbocycles. The molecule has 1 fully saturated rings. The van der Waals surface area contributed by atoms with E-state index in [4.69, 9.17) is 4.74 Å². The van der Waals surface area contributed by atoms with Gasteiger partial charge < -0.3 is 35.8 Å². The van der Waals surface area contributed by atoms with E-state index in [1.807, 2.05) is 30.3 Å². The van der Waals surface area contributed by atoms with Crippen LogP contribution in [-0.2, 0) is 14.3 Å². The number of aliphatic carboxylic acids is 1. The van der Waals surface area contributed by atoms with Crippen molar-refractivity contribution in [2.75, 3.05) is 6.54 Å². The average molecular weight is 472 g/mol. The lowest BCUT2D eigenvalue weighted by atomic mass is 9.90. The molecule has 0 radical (unpaired) electrons. The van der Waals surface area contributed by atoms with E-state index in [2.05, 4.69) is 10.6 Å². The number of carboxylic acids is 1. The highest BCUT2D eigenvalue weighted by Crippen LogP contribution is 2.25. The summed E-state index contributed by atoms with van der Waals surface area (Å²) in [4.78, 5) is 35.3. The highest BCUT2D eigenvalue weighted by molar-refractivity contribution is 5.94. The Balaban J connectivity index is 1.63. The first-order chi connectivity index (χ1) is 16.2. The van der Waals surface area contributed by atoms with E-state index in [1.54, 1.807) is 24.3 Å². The molecule has 1 heterocycles. The number of carbonyl (C=O) groups excluding carboxylic acids is 2. The van der Waals surface area contributed by atoms with Crippen LogP contribution in [0.2, 0.25) is 0 Å². The van der Waals surface area contributed by atoms with Crippen LogP contribution in [0.15, 0.2) is 54.6 Å². The van der Waals surface area contributed by atoms with Gasteiger partial charge in [0.2, 0.25) is 5.91 Å². The van der Waals surface area contributed by atoms with Crippen molar-refractivity contribution >= 4 is 17.8 Å². The highest BCUT2D eigenvalue weighted by Gasteiger charge is 2.46. The topological polar surface area (TPSA) is 165 Å². The maximum Gasteiger partial charge on any atom is 0.332 e. The average Bonchev–Trinajstić information content (AvgIpc) is 2.83. The molecule has 1 aliphatic heterocycles. The third-order valence-electron chi connectivity index (χ3n) is 5.65. The monoisotopic (exact) mass is 472 g/mol. The molecule has 0 unspecified atom stereocenters. The van der Waals surface area contributed by atoms with Crippen molar-refractivity contribution in [1.29, 1.82) is 0 Å². The molecule has 1 saturated heterocycles. The molecule has 1 aliphatic rings. The van der Waals surface area contributed by atoms with Gasteiger partial charge in [-0.25, -0.2) is 4.79 Å². The van der Waals surface area contributed by atoms with Crippen molar-refractivity contribution in [2.45, 2.75) is 49.9 Å². The number of hydrogen-bond donors (Lipinski definition) is 6. The summed E-state index contributed by atoms with van der Waals surface area (Å²) in [5.74, 6) is -2.36.